The molecular weight excluding hydrogens is 398 g/mol. The van der Waals surface area contributed by atoms with Gasteiger partial charge in [0.2, 0.25) is 11.1 Å². The molecule has 0 aliphatic carbocycles. The number of thiophene rings is 1. The van der Waals surface area contributed by atoms with E-state index in [0.717, 1.165) is 16.3 Å². The summed E-state index contributed by atoms with van der Waals surface area (Å²) in [6, 6.07) is 11.4. The fourth-order valence-electron chi connectivity index (χ4n) is 2.46. The molecule has 0 saturated heterocycles. The summed E-state index contributed by atoms with van der Waals surface area (Å²) < 4.78 is 11.9. The van der Waals surface area contributed by atoms with Gasteiger partial charge in [0.1, 0.15) is 5.75 Å². The Balaban J connectivity index is 1.65. The third kappa shape index (κ3) is 5.31. The maximum atomic E-state index is 12.8. The van der Waals surface area contributed by atoms with E-state index in [0.29, 0.717) is 24.9 Å². The molecule has 1 amide bonds. The number of methoxy groups -OCH3 is 2. The van der Waals surface area contributed by atoms with Crippen LogP contribution in [-0.2, 0) is 16.1 Å². The smallest absolute Gasteiger partial charge is 0.233 e. The lowest BCUT2D eigenvalue weighted by Crippen LogP contribution is -2.34. The zero-order chi connectivity index (χ0) is 19.8. The fraction of sp³-hybridized carbons (Fsp3) is 0.333. The molecule has 3 rings (SSSR count). The molecule has 8 nitrogen and oxygen atoms in total. The van der Waals surface area contributed by atoms with Gasteiger partial charge in [-0.15, -0.1) is 16.4 Å². The number of tetrazole rings is 1. The first-order valence-electron chi connectivity index (χ1n) is 8.56. The third-order valence-corrected chi connectivity index (χ3v) is 5.69. The summed E-state index contributed by atoms with van der Waals surface area (Å²) in [7, 11) is 3.25. The number of nitrogens with zero attached hydrogens (tertiary/aromatic N) is 5. The van der Waals surface area contributed by atoms with Crippen LogP contribution in [0, 0.1) is 0 Å². The standard InChI is InChI=1S/C18H21N5O3S2/c1-25-10-9-22(12-16-4-3-11-27-16)17(24)13-28-18-19-20-21-23(18)14-5-7-15(26-2)8-6-14/h3-8,11H,9-10,12-13H2,1-2H3. The highest BCUT2D eigenvalue weighted by Crippen LogP contribution is 2.21. The monoisotopic (exact) mass is 419 g/mol. The Morgan fingerprint density at radius 2 is 2.07 bits per heavy atom. The molecule has 0 fully saturated rings. The average Bonchev–Trinajstić information content (AvgIpc) is 3.41. The average molecular weight is 420 g/mol. The molecule has 0 aliphatic rings. The molecule has 0 unspecified atom stereocenters. The largest absolute Gasteiger partial charge is 0.497 e. The summed E-state index contributed by atoms with van der Waals surface area (Å²) in [5.74, 6) is 1.01. The van der Waals surface area contributed by atoms with Crippen molar-refractivity contribution in [1.29, 1.82) is 0 Å². The second kappa shape index (κ2) is 10.2. The van der Waals surface area contributed by atoms with E-state index in [4.69, 9.17) is 9.47 Å². The summed E-state index contributed by atoms with van der Waals surface area (Å²) in [4.78, 5) is 15.7. The number of carbonyl (C=O) groups excluding carboxylic acids is 1. The van der Waals surface area contributed by atoms with Crippen LogP contribution in [0.2, 0.25) is 0 Å². The predicted molar refractivity (Wildman–Crippen MR) is 108 cm³/mol. The summed E-state index contributed by atoms with van der Waals surface area (Å²) in [5, 5.41) is 14.4. The Morgan fingerprint density at radius 1 is 1.25 bits per heavy atom. The van der Waals surface area contributed by atoms with Gasteiger partial charge in [0, 0.05) is 18.5 Å². The lowest BCUT2D eigenvalue weighted by Gasteiger charge is -2.21. The van der Waals surface area contributed by atoms with Crippen molar-refractivity contribution < 1.29 is 14.3 Å². The van der Waals surface area contributed by atoms with Crippen LogP contribution in [0.1, 0.15) is 4.88 Å². The molecule has 3 aromatic rings. The highest BCUT2D eigenvalue weighted by atomic mass is 32.2. The van der Waals surface area contributed by atoms with Gasteiger partial charge in [-0.3, -0.25) is 4.79 Å². The zero-order valence-electron chi connectivity index (χ0n) is 15.6. The Labute approximate surface area is 171 Å². The van der Waals surface area contributed by atoms with Gasteiger partial charge in [-0.2, -0.15) is 4.68 Å². The second-order valence-corrected chi connectivity index (χ2v) is 7.72. The van der Waals surface area contributed by atoms with Crippen LogP contribution >= 0.6 is 23.1 Å². The van der Waals surface area contributed by atoms with Gasteiger partial charge >= 0.3 is 0 Å². The van der Waals surface area contributed by atoms with Gasteiger partial charge in [0.05, 0.1) is 31.7 Å². The Bertz CT molecular complexity index is 868. The van der Waals surface area contributed by atoms with Crippen molar-refractivity contribution in [3.05, 3.63) is 46.7 Å². The van der Waals surface area contributed by atoms with Gasteiger partial charge < -0.3 is 14.4 Å². The molecule has 0 N–H and O–H groups in total. The quantitative estimate of drug-likeness (QED) is 0.467. The van der Waals surface area contributed by atoms with Crippen LogP contribution in [0.25, 0.3) is 5.69 Å². The number of amides is 1. The van der Waals surface area contributed by atoms with E-state index in [-0.39, 0.29) is 11.7 Å². The van der Waals surface area contributed by atoms with Gasteiger partial charge in [-0.1, -0.05) is 17.8 Å². The van der Waals surface area contributed by atoms with Crippen molar-refractivity contribution in [2.24, 2.45) is 0 Å². The van der Waals surface area contributed by atoms with E-state index in [1.807, 2.05) is 41.8 Å². The Kier molecular flexibility index (Phi) is 7.40. The van der Waals surface area contributed by atoms with Gasteiger partial charge in [0.25, 0.3) is 0 Å². The topological polar surface area (TPSA) is 82.4 Å². The first-order valence-corrected chi connectivity index (χ1v) is 10.4. The zero-order valence-corrected chi connectivity index (χ0v) is 17.3. The molecule has 10 heteroatoms. The number of benzene rings is 1. The number of hydrogen-bond acceptors (Lipinski definition) is 8. The maximum absolute atomic E-state index is 12.8. The molecule has 148 valence electrons. The lowest BCUT2D eigenvalue weighted by atomic mass is 10.3. The predicted octanol–water partition coefficient (Wildman–Crippen LogP) is 2.50. The van der Waals surface area contributed by atoms with Crippen molar-refractivity contribution >= 4 is 29.0 Å². The first-order chi connectivity index (χ1) is 13.7. The van der Waals surface area contributed by atoms with Crippen LogP contribution in [0.3, 0.4) is 0 Å². The molecule has 0 saturated carbocycles. The molecule has 2 aromatic heterocycles. The Hall–Kier alpha value is -2.43. The Morgan fingerprint density at radius 3 is 2.75 bits per heavy atom. The van der Waals surface area contributed by atoms with Crippen LogP contribution in [0.4, 0.5) is 0 Å². The van der Waals surface area contributed by atoms with Crippen molar-refractivity contribution in [3.63, 3.8) is 0 Å². The number of thioether (sulfide) groups is 1. The van der Waals surface area contributed by atoms with E-state index in [9.17, 15) is 4.79 Å². The molecule has 0 bridgehead atoms. The molecule has 0 spiro atoms. The van der Waals surface area contributed by atoms with Crippen LogP contribution in [0.5, 0.6) is 5.75 Å². The van der Waals surface area contributed by atoms with Gasteiger partial charge in [0.15, 0.2) is 0 Å². The van der Waals surface area contributed by atoms with Gasteiger partial charge in [-0.05, 0) is 46.1 Å². The molecule has 0 atom stereocenters. The van der Waals surface area contributed by atoms with E-state index in [2.05, 4.69) is 15.5 Å². The number of ether oxygens (including phenoxy) is 2. The second-order valence-electron chi connectivity index (χ2n) is 5.75. The third-order valence-electron chi connectivity index (χ3n) is 3.93. The molecule has 0 aliphatic heterocycles. The normalized spacial score (nSPS) is 10.8. The van der Waals surface area contributed by atoms with E-state index < -0.39 is 0 Å². The lowest BCUT2D eigenvalue weighted by molar-refractivity contribution is -0.129. The number of aromatic nitrogens is 4. The summed E-state index contributed by atoms with van der Waals surface area (Å²) in [5.41, 5.74) is 0.801. The maximum Gasteiger partial charge on any atom is 0.233 e. The number of carbonyl (C=O) groups is 1. The minimum Gasteiger partial charge on any atom is -0.497 e. The molecule has 0 radical (unpaired) electrons. The van der Waals surface area contributed by atoms with Crippen LogP contribution < -0.4 is 4.74 Å². The molecular formula is C18H21N5O3S2. The minimum atomic E-state index is 0.0136. The number of hydrogen-bond donors (Lipinski definition) is 0. The SMILES string of the molecule is COCCN(Cc1cccs1)C(=O)CSc1nnnn1-c1ccc(OC)cc1. The van der Waals surface area contributed by atoms with Gasteiger partial charge in [-0.25, -0.2) is 0 Å². The van der Waals surface area contributed by atoms with Crippen molar-refractivity contribution in [2.75, 3.05) is 33.1 Å². The van der Waals surface area contributed by atoms with Crippen LogP contribution in [-0.4, -0.2) is 64.1 Å². The van der Waals surface area contributed by atoms with Crippen molar-refractivity contribution in [2.45, 2.75) is 11.7 Å². The molecule has 28 heavy (non-hydrogen) atoms. The fourth-order valence-corrected chi connectivity index (χ4v) is 3.97. The minimum absolute atomic E-state index is 0.0136. The highest BCUT2D eigenvalue weighted by Gasteiger charge is 2.17. The first kappa shape index (κ1) is 20.3. The number of rotatable bonds is 10. The summed E-state index contributed by atoms with van der Waals surface area (Å²) >= 11 is 2.94. The van der Waals surface area contributed by atoms with Crippen LogP contribution in [0.15, 0.2) is 46.9 Å². The van der Waals surface area contributed by atoms with E-state index in [1.165, 1.54) is 11.8 Å². The molecule has 1 aromatic carbocycles. The summed E-state index contributed by atoms with van der Waals surface area (Å²) in [6.07, 6.45) is 0. The van der Waals surface area contributed by atoms with E-state index >= 15 is 0 Å². The molecule has 2 heterocycles. The van der Waals surface area contributed by atoms with Crippen molar-refractivity contribution in [1.82, 2.24) is 25.1 Å². The summed E-state index contributed by atoms with van der Waals surface area (Å²) in [6.45, 7) is 1.60. The van der Waals surface area contributed by atoms with Crippen molar-refractivity contribution in [3.8, 4) is 11.4 Å². The highest BCUT2D eigenvalue weighted by molar-refractivity contribution is 7.99. The van der Waals surface area contributed by atoms with E-state index in [1.54, 1.807) is 35.1 Å².